The molecule has 2 aromatic rings. The summed E-state index contributed by atoms with van der Waals surface area (Å²) < 4.78 is 32.9. The average molecular weight is 404 g/mol. The molecular formula is C21H29N3O3S. The fourth-order valence-electron chi connectivity index (χ4n) is 4.74. The van der Waals surface area contributed by atoms with Gasteiger partial charge in [-0.3, -0.25) is 4.90 Å². The Balaban J connectivity index is 1.43. The average Bonchev–Trinajstić information content (AvgIpc) is 3.21. The monoisotopic (exact) mass is 403 g/mol. The van der Waals surface area contributed by atoms with Crippen LogP contribution in [0.3, 0.4) is 0 Å². The number of likely N-dealkylation sites (tertiary alicyclic amines) is 1. The van der Waals surface area contributed by atoms with E-state index in [1.807, 2.05) is 44.2 Å². The Morgan fingerprint density at radius 2 is 1.89 bits per heavy atom. The summed E-state index contributed by atoms with van der Waals surface area (Å²) in [6, 6.07) is 9.47. The maximum Gasteiger partial charge on any atom is 0.218 e. The lowest BCUT2D eigenvalue weighted by Gasteiger charge is -2.40. The predicted molar refractivity (Wildman–Crippen MR) is 108 cm³/mol. The second-order valence-corrected chi connectivity index (χ2v) is 10.4. The molecule has 2 fully saturated rings. The van der Waals surface area contributed by atoms with Gasteiger partial charge in [-0.25, -0.2) is 12.7 Å². The molecule has 1 aromatic carbocycles. The molecule has 3 heterocycles. The Morgan fingerprint density at radius 1 is 1.11 bits per heavy atom. The van der Waals surface area contributed by atoms with Crippen molar-refractivity contribution < 1.29 is 12.9 Å². The summed E-state index contributed by atoms with van der Waals surface area (Å²) >= 11 is 0. The van der Waals surface area contributed by atoms with Crippen LogP contribution in [0.25, 0.3) is 0 Å². The smallest absolute Gasteiger partial charge is 0.218 e. The van der Waals surface area contributed by atoms with Gasteiger partial charge >= 0.3 is 0 Å². The van der Waals surface area contributed by atoms with Crippen molar-refractivity contribution in [3.05, 3.63) is 52.9 Å². The predicted octanol–water partition coefficient (Wildman–Crippen LogP) is 3.11. The molecule has 1 atom stereocenters. The molecule has 1 spiro atoms. The highest BCUT2D eigenvalue weighted by Crippen LogP contribution is 2.40. The zero-order valence-corrected chi connectivity index (χ0v) is 17.5. The summed E-state index contributed by atoms with van der Waals surface area (Å²) in [6.45, 7) is 8.03. The Kier molecular flexibility index (Phi) is 5.33. The third-order valence-corrected chi connectivity index (χ3v) is 8.09. The van der Waals surface area contributed by atoms with Gasteiger partial charge in [0, 0.05) is 31.7 Å². The first-order chi connectivity index (χ1) is 13.4. The molecule has 2 saturated heterocycles. The van der Waals surface area contributed by atoms with Crippen molar-refractivity contribution in [3.8, 4) is 0 Å². The molecular weight excluding hydrogens is 374 g/mol. The van der Waals surface area contributed by atoms with Crippen LogP contribution in [0.2, 0.25) is 0 Å². The first kappa shape index (κ1) is 19.6. The fraction of sp³-hybridized carbons (Fsp3) is 0.571. The second-order valence-electron chi connectivity index (χ2n) is 8.44. The first-order valence-corrected chi connectivity index (χ1v) is 11.6. The van der Waals surface area contributed by atoms with Crippen LogP contribution in [0.5, 0.6) is 0 Å². The van der Waals surface area contributed by atoms with Crippen LogP contribution >= 0.6 is 0 Å². The lowest BCUT2D eigenvalue weighted by atomic mass is 9.79. The Hall–Kier alpha value is -1.70. The number of sulfonamides is 1. The normalized spacial score (nSPS) is 24.2. The summed E-state index contributed by atoms with van der Waals surface area (Å²) in [6.07, 6.45) is 3.15. The first-order valence-electron chi connectivity index (χ1n) is 10.0. The zero-order valence-electron chi connectivity index (χ0n) is 16.7. The van der Waals surface area contributed by atoms with E-state index < -0.39 is 10.0 Å². The topological polar surface area (TPSA) is 66.7 Å². The Morgan fingerprint density at radius 3 is 2.61 bits per heavy atom. The minimum atomic E-state index is -3.28. The van der Waals surface area contributed by atoms with Gasteiger partial charge in [-0.05, 0) is 50.6 Å². The second kappa shape index (κ2) is 7.61. The van der Waals surface area contributed by atoms with E-state index in [9.17, 15) is 8.42 Å². The molecule has 0 unspecified atom stereocenters. The van der Waals surface area contributed by atoms with Crippen LogP contribution in [0, 0.1) is 19.3 Å². The van der Waals surface area contributed by atoms with E-state index in [4.69, 9.17) is 4.52 Å². The lowest BCUT2D eigenvalue weighted by molar-refractivity contribution is 0.0930. The van der Waals surface area contributed by atoms with Crippen molar-refractivity contribution in [3.63, 3.8) is 0 Å². The number of piperidine rings is 1. The number of aryl methyl sites for hydroxylation is 2. The maximum absolute atomic E-state index is 12.9. The number of rotatable bonds is 5. The lowest BCUT2D eigenvalue weighted by Crippen LogP contribution is -2.45. The number of benzene rings is 1. The molecule has 2 aliphatic heterocycles. The number of hydrogen-bond donors (Lipinski definition) is 0. The molecule has 4 rings (SSSR count). The Bertz CT molecular complexity index is 906. The SMILES string of the molecule is Cc1noc(C)c1CN1CCC[C@@]2(CCN(S(=O)(=O)Cc3ccccc3)C2)C1. The van der Waals surface area contributed by atoms with Crippen molar-refractivity contribution >= 4 is 10.0 Å². The van der Waals surface area contributed by atoms with E-state index in [2.05, 4.69) is 10.1 Å². The molecule has 7 heteroatoms. The van der Waals surface area contributed by atoms with Gasteiger partial charge in [0.05, 0.1) is 11.4 Å². The highest BCUT2D eigenvalue weighted by atomic mass is 32.2. The van der Waals surface area contributed by atoms with Crippen molar-refractivity contribution in [2.75, 3.05) is 26.2 Å². The number of nitrogens with zero attached hydrogens (tertiary/aromatic N) is 3. The van der Waals surface area contributed by atoms with E-state index in [0.29, 0.717) is 13.1 Å². The summed E-state index contributed by atoms with van der Waals surface area (Å²) in [5, 5.41) is 4.07. The van der Waals surface area contributed by atoms with E-state index in [-0.39, 0.29) is 11.2 Å². The molecule has 0 bridgehead atoms. The van der Waals surface area contributed by atoms with Gasteiger partial charge in [0.2, 0.25) is 10.0 Å². The van der Waals surface area contributed by atoms with Gasteiger partial charge in [0.25, 0.3) is 0 Å². The van der Waals surface area contributed by atoms with E-state index in [0.717, 1.165) is 55.9 Å². The number of aromatic nitrogens is 1. The molecule has 152 valence electrons. The van der Waals surface area contributed by atoms with Crippen LogP contribution in [-0.2, 0) is 22.3 Å². The molecule has 0 radical (unpaired) electrons. The summed E-state index contributed by atoms with van der Waals surface area (Å²) in [7, 11) is -3.28. The quantitative estimate of drug-likeness (QED) is 0.767. The van der Waals surface area contributed by atoms with E-state index in [1.165, 1.54) is 5.56 Å². The third kappa shape index (κ3) is 4.02. The van der Waals surface area contributed by atoms with Crippen molar-refractivity contribution in [1.29, 1.82) is 0 Å². The van der Waals surface area contributed by atoms with Gasteiger partial charge in [-0.1, -0.05) is 35.5 Å². The standard InChI is InChI=1S/C21H29N3O3S/c1-17-20(18(2)27-22-17)13-23-11-6-9-21(15-23)10-12-24(16-21)28(25,26)14-19-7-4-3-5-8-19/h3-5,7-8H,6,9-16H2,1-2H3/t21-/m1/s1. The van der Waals surface area contributed by atoms with Gasteiger partial charge in [0.15, 0.2) is 0 Å². The molecule has 0 N–H and O–H groups in total. The summed E-state index contributed by atoms with van der Waals surface area (Å²) in [5.41, 5.74) is 3.05. The summed E-state index contributed by atoms with van der Waals surface area (Å²) in [5.74, 6) is 0.975. The zero-order chi connectivity index (χ0) is 19.8. The van der Waals surface area contributed by atoms with Crippen LogP contribution in [0.15, 0.2) is 34.9 Å². The van der Waals surface area contributed by atoms with Crippen LogP contribution in [-0.4, -0.2) is 49.0 Å². The highest BCUT2D eigenvalue weighted by molar-refractivity contribution is 7.88. The maximum atomic E-state index is 12.9. The highest BCUT2D eigenvalue weighted by Gasteiger charge is 2.44. The van der Waals surface area contributed by atoms with E-state index in [1.54, 1.807) is 4.31 Å². The molecule has 1 aromatic heterocycles. The molecule has 6 nitrogen and oxygen atoms in total. The third-order valence-electron chi connectivity index (χ3n) is 6.29. The minimum absolute atomic E-state index is 0.0704. The summed E-state index contributed by atoms with van der Waals surface area (Å²) in [4.78, 5) is 2.45. The van der Waals surface area contributed by atoms with Crippen molar-refractivity contribution in [2.45, 2.75) is 45.4 Å². The molecule has 0 saturated carbocycles. The minimum Gasteiger partial charge on any atom is -0.361 e. The van der Waals surface area contributed by atoms with Crippen LogP contribution in [0.1, 0.15) is 41.8 Å². The molecule has 0 amide bonds. The fourth-order valence-corrected chi connectivity index (χ4v) is 6.37. The van der Waals surface area contributed by atoms with Gasteiger partial charge in [0.1, 0.15) is 5.76 Å². The Labute approximate surface area is 167 Å². The largest absolute Gasteiger partial charge is 0.361 e. The molecule has 0 aliphatic carbocycles. The number of hydrogen-bond acceptors (Lipinski definition) is 5. The van der Waals surface area contributed by atoms with Crippen LogP contribution in [0.4, 0.5) is 0 Å². The van der Waals surface area contributed by atoms with Gasteiger partial charge in [-0.2, -0.15) is 0 Å². The molecule has 28 heavy (non-hydrogen) atoms. The van der Waals surface area contributed by atoms with Crippen molar-refractivity contribution in [2.24, 2.45) is 5.41 Å². The van der Waals surface area contributed by atoms with E-state index >= 15 is 0 Å². The van der Waals surface area contributed by atoms with Crippen LogP contribution < -0.4 is 0 Å². The molecule has 2 aliphatic rings. The van der Waals surface area contributed by atoms with Crippen molar-refractivity contribution in [1.82, 2.24) is 14.4 Å². The van der Waals surface area contributed by atoms with Gasteiger partial charge in [-0.15, -0.1) is 0 Å². The van der Waals surface area contributed by atoms with Gasteiger partial charge < -0.3 is 4.52 Å².